The predicted octanol–water partition coefficient (Wildman–Crippen LogP) is 0.789. The molecule has 0 spiro atoms. The van der Waals surface area contributed by atoms with Gasteiger partial charge in [0, 0.05) is 17.7 Å². The maximum atomic E-state index is 12.9. The van der Waals surface area contributed by atoms with E-state index >= 15 is 0 Å². The van der Waals surface area contributed by atoms with Gasteiger partial charge < -0.3 is 25.2 Å². The molecule has 1 atom stereocenters. The van der Waals surface area contributed by atoms with E-state index in [2.05, 4.69) is 5.32 Å². The number of carbonyl (C=O) groups is 2. The fraction of sp³-hybridized carbons (Fsp3) is 0.176. The number of phenols is 2. The first-order valence-electron chi connectivity index (χ1n) is 7.83. The van der Waals surface area contributed by atoms with Crippen LogP contribution in [0.3, 0.4) is 0 Å². The zero-order chi connectivity index (χ0) is 20.8. The minimum Gasteiger partial charge on any atom is -0.744 e. The molecule has 1 aliphatic rings. The summed E-state index contributed by atoms with van der Waals surface area (Å²) in [5.74, 6) is -4.44. The Balaban J connectivity index is 2.37. The number of aliphatic hydroxyl groups excluding tert-OH is 1. The van der Waals surface area contributed by atoms with Crippen LogP contribution in [0.25, 0.3) is 0 Å². The molecule has 11 heteroatoms. The molecule has 1 unspecified atom stereocenters. The van der Waals surface area contributed by atoms with Gasteiger partial charge in [-0.25, -0.2) is 8.42 Å². The number of alkyl halides is 1. The minimum atomic E-state index is -5.42. The number of phenolic OH excluding ortho intramolecular Hbond substituents is 2. The average molecular weight is 427 g/mol. The highest BCUT2D eigenvalue weighted by Gasteiger charge is 2.38. The zero-order valence-corrected chi connectivity index (χ0v) is 15.5. The van der Waals surface area contributed by atoms with E-state index < -0.39 is 61.0 Å². The molecule has 0 heterocycles. The molecule has 0 radical (unpaired) electrons. The molecule has 0 saturated heterocycles. The van der Waals surface area contributed by atoms with Crippen molar-refractivity contribution in [2.24, 2.45) is 0 Å². The van der Waals surface area contributed by atoms with E-state index in [-0.39, 0.29) is 23.6 Å². The van der Waals surface area contributed by atoms with Crippen LogP contribution in [0.2, 0.25) is 0 Å². The van der Waals surface area contributed by atoms with Crippen molar-refractivity contribution < 1.29 is 37.9 Å². The molecule has 0 aliphatic heterocycles. The number of carbonyl (C=O) groups excluding carboxylic acids is 2. The summed E-state index contributed by atoms with van der Waals surface area (Å²) in [7, 11) is -5.42. The average Bonchev–Trinajstić information content (AvgIpc) is 2.63. The number of aromatic hydroxyl groups is 2. The molecule has 0 amide bonds. The third-order valence-corrected chi connectivity index (χ3v) is 5.46. The highest BCUT2D eigenvalue weighted by molar-refractivity contribution is 7.86. The molecule has 148 valence electrons. The number of halogens is 1. The molecule has 2 aromatic carbocycles. The van der Waals surface area contributed by atoms with Crippen molar-refractivity contribution in [3.05, 3.63) is 46.5 Å². The summed E-state index contributed by atoms with van der Waals surface area (Å²) < 4.78 is 34.7. The van der Waals surface area contributed by atoms with Crippen molar-refractivity contribution in [2.45, 2.75) is 11.0 Å². The molecule has 28 heavy (non-hydrogen) atoms. The molecule has 0 aromatic heterocycles. The Hall–Kier alpha value is -2.66. The summed E-state index contributed by atoms with van der Waals surface area (Å²) in [6.45, 7) is -0.338. The lowest BCUT2D eigenvalue weighted by Gasteiger charge is -2.25. The van der Waals surface area contributed by atoms with Gasteiger partial charge in [-0.2, -0.15) is 0 Å². The molecule has 4 N–H and O–H groups in total. The van der Waals surface area contributed by atoms with Gasteiger partial charge in [0.15, 0.2) is 17.3 Å². The Morgan fingerprint density at radius 3 is 2.07 bits per heavy atom. The summed E-state index contributed by atoms with van der Waals surface area (Å²) in [4.78, 5) is 24.3. The van der Waals surface area contributed by atoms with E-state index in [0.29, 0.717) is 0 Å². The SMILES string of the molecule is O=C1c2ccccc2C(=O)c2c(NCC(O)CCl)c(O)c(S(=O)(=O)[O-])c(O)c21. The van der Waals surface area contributed by atoms with Crippen LogP contribution in [0.4, 0.5) is 5.69 Å². The number of hydrogen-bond acceptors (Lipinski definition) is 9. The first-order chi connectivity index (χ1) is 13.1. The maximum absolute atomic E-state index is 12.9. The summed E-state index contributed by atoms with van der Waals surface area (Å²) in [5.41, 5.74) is -1.93. The largest absolute Gasteiger partial charge is 0.744 e. The van der Waals surface area contributed by atoms with Gasteiger partial charge in [-0.3, -0.25) is 9.59 Å². The zero-order valence-electron chi connectivity index (χ0n) is 14.0. The van der Waals surface area contributed by atoms with Crippen molar-refractivity contribution >= 4 is 39.0 Å². The fourth-order valence-corrected chi connectivity index (χ4v) is 3.77. The standard InChI is InChI=1S/C17H14ClNO8S/c18-5-7(20)6-19-12-10-11(15(23)17(16(12)24)28(25,26)27)14(22)9-4-2-1-3-8(9)13(10)21/h1-4,7,19-20,23-24H,5-6H2,(H,25,26,27)/p-1. The number of nitrogens with one attached hydrogen (secondary N) is 1. The minimum absolute atomic E-state index is 0.0301. The Morgan fingerprint density at radius 2 is 1.57 bits per heavy atom. The molecular weight excluding hydrogens is 414 g/mol. The van der Waals surface area contributed by atoms with Gasteiger partial charge >= 0.3 is 0 Å². The summed E-state index contributed by atoms with van der Waals surface area (Å²) in [6, 6.07) is 5.62. The second-order valence-corrected chi connectivity index (χ2v) is 7.62. The summed E-state index contributed by atoms with van der Waals surface area (Å²) >= 11 is 5.49. The second kappa shape index (κ2) is 7.06. The highest BCUT2D eigenvalue weighted by atomic mass is 35.5. The van der Waals surface area contributed by atoms with Gasteiger partial charge in [-0.1, -0.05) is 24.3 Å². The maximum Gasteiger partial charge on any atom is 0.198 e. The summed E-state index contributed by atoms with van der Waals surface area (Å²) in [5, 5.41) is 32.7. The summed E-state index contributed by atoms with van der Waals surface area (Å²) in [6.07, 6.45) is -1.15. The number of rotatable bonds is 5. The van der Waals surface area contributed by atoms with E-state index in [4.69, 9.17) is 11.6 Å². The number of anilines is 1. The third-order valence-electron chi connectivity index (χ3n) is 4.22. The van der Waals surface area contributed by atoms with Crippen LogP contribution in [0.1, 0.15) is 31.8 Å². The van der Waals surface area contributed by atoms with Crippen LogP contribution in [-0.2, 0) is 10.1 Å². The van der Waals surface area contributed by atoms with E-state index in [0.717, 1.165) is 0 Å². The van der Waals surface area contributed by atoms with Crippen LogP contribution < -0.4 is 5.32 Å². The van der Waals surface area contributed by atoms with Gasteiger partial charge in [0.2, 0.25) is 0 Å². The lowest BCUT2D eigenvalue weighted by molar-refractivity contribution is 0.0976. The third kappa shape index (κ3) is 3.10. The Kier molecular flexibility index (Phi) is 5.06. The van der Waals surface area contributed by atoms with Gasteiger partial charge in [0.05, 0.1) is 28.8 Å². The highest BCUT2D eigenvalue weighted by Crippen LogP contribution is 2.47. The number of benzene rings is 2. The lowest BCUT2D eigenvalue weighted by atomic mass is 9.82. The van der Waals surface area contributed by atoms with Crippen LogP contribution >= 0.6 is 11.6 Å². The molecule has 9 nitrogen and oxygen atoms in total. The topological polar surface area (TPSA) is 164 Å². The first kappa shape index (κ1) is 20.1. The van der Waals surface area contributed by atoms with Gasteiger partial charge in [-0.15, -0.1) is 11.6 Å². The van der Waals surface area contributed by atoms with E-state index in [1.807, 2.05) is 0 Å². The predicted molar refractivity (Wildman–Crippen MR) is 96.3 cm³/mol. The van der Waals surface area contributed by atoms with Crippen molar-refractivity contribution in [1.29, 1.82) is 0 Å². The molecular formula is C17H13ClNO8S-. The molecule has 3 rings (SSSR count). The van der Waals surface area contributed by atoms with Crippen molar-refractivity contribution in [3.8, 4) is 11.5 Å². The van der Waals surface area contributed by atoms with Gasteiger partial charge in [0.25, 0.3) is 0 Å². The molecule has 1 aliphatic carbocycles. The molecule has 0 saturated carbocycles. The quantitative estimate of drug-likeness (QED) is 0.200. The monoisotopic (exact) mass is 426 g/mol. The van der Waals surface area contributed by atoms with E-state index in [9.17, 15) is 37.9 Å². The number of fused-ring (bicyclic) bond motifs is 2. The number of aliphatic hydroxyl groups is 1. The molecule has 0 fully saturated rings. The second-order valence-electron chi connectivity index (χ2n) is 6.00. The number of hydrogen-bond donors (Lipinski definition) is 4. The Morgan fingerprint density at radius 1 is 1.04 bits per heavy atom. The van der Waals surface area contributed by atoms with E-state index in [1.165, 1.54) is 24.3 Å². The molecule has 0 bridgehead atoms. The van der Waals surface area contributed by atoms with Crippen molar-refractivity contribution in [1.82, 2.24) is 0 Å². The van der Waals surface area contributed by atoms with Crippen LogP contribution in [-0.4, -0.2) is 58.4 Å². The Labute approximate surface area is 163 Å². The van der Waals surface area contributed by atoms with Gasteiger partial charge in [-0.05, 0) is 0 Å². The van der Waals surface area contributed by atoms with Crippen LogP contribution in [0.5, 0.6) is 11.5 Å². The normalized spacial score (nSPS) is 14.4. The first-order valence-corrected chi connectivity index (χ1v) is 9.78. The van der Waals surface area contributed by atoms with Crippen molar-refractivity contribution in [2.75, 3.05) is 17.7 Å². The van der Waals surface area contributed by atoms with Crippen molar-refractivity contribution in [3.63, 3.8) is 0 Å². The van der Waals surface area contributed by atoms with Gasteiger partial charge in [0.1, 0.15) is 20.8 Å². The Bertz CT molecular complexity index is 1110. The molecule has 2 aromatic rings. The van der Waals surface area contributed by atoms with Crippen LogP contribution in [0, 0.1) is 0 Å². The number of ketones is 2. The smallest absolute Gasteiger partial charge is 0.198 e. The lowest BCUT2D eigenvalue weighted by Crippen LogP contribution is -2.26. The van der Waals surface area contributed by atoms with E-state index in [1.54, 1.807) is 0 Å². The van der Waals surface area contributed by atoms with Crippen LogP contribution in [0.15, 0.2) is 29.2 Å². The fourth-order valence-electron chi connectivity index (χ4n) is 2.98.